The van der Waals surface area contributed by atoms with Gasteiger partial charge in [-0.3, -0.25) is 0 Å². The first kappa shape index (κ1) is 18.5. The van der Waals surface area contributed by atoms with Crippen molar-refractivity contribution in [2.45, 2.75) is 6.92 Å². The monoisotopic (exact) mass is 186 g/mol. The zero-order chi connectivity index (χ0) is 8.15. The minimum Gasteiger partial charge on any atom is -1.00 e. The summed E-state index contributed by atoms with van der Waals surface area (Å²) in [4.78, 5) is 10.3. The second-order valence-corrected chi connectivity index (χ2v) is 1.79. The van der Waals surface area contributed by atoms with Crippen LogP contribution >= 0.6 is 0 Å². The van der Waals surface area contributed by atoms with E-state index in [1.807, 2.05) is 0 Å². The molecular formula is C8H12Na2O2. The number of aliphatic carboxylic acids is 1. The normalized spacial score (nSPS) is 6.75. The first-order chi connectivity index (χ1) is 4.63. The fourth-order valence-corrected chi connectivity index (χ4v) is 0.513. The van der Waals surface area contributed by atoms with Gasteiger partial charge in [0.1, 0.15) is 0 Å². The van der Waals surface area contributed by atoms with E-state index in [-0.39, 0.29) is 67.5 Å². The van der Waals surface area contributed by atoms with Crippen LogP contribution in [0.2, 0.25) is 0 Å². The van der Waals surface area contributed by atoms with Gasteiger partial charge in [-0.25, -0.2) is 4.79 Å². The minimum absolute atomic E-state index is 0. The summed E-state index contributed by atoms with van der Waals surface area (Å²) in [6.45, 7) is 8.40. The van der Waals surface area contributed by atoms with Gasteiger partial charge in [-0.2, -0.15) is 0 Å². The average molecular weight is 186 g/mol. The Kier molecular flexibility index (Phi) is 15.0. The molecule has 0 unspecified atom stereocenters. The average Bonchev–Trinajstić information content (AvgIpc) is 1.90. The van der Waals surface area contributed by atoms with E-state index in [1.54, 1.807) is 0 Å². The van der Waals surface area contributed by atoms with Gasteiger partial charge in [0.2, 0.25) is 0 Å². The number of carboxylic acids is 1. The van der Waals surface area contributed by atoms with Crippen molar-refractivity contribution in [1.82, 2.24) is 0 Å². The van der Waals surface area contributed by atoms with Gasteiger partial charge in [0.05, 0.1) is 0 Å². The summed E-state index contributed by atoms with van der Waals surface area (Å²) in [6.07, 6.45) is 2.94. The van der Waals surface area contributed by atoms with Crippen LogP contribution in [0.5, 0.6) is 0 Å². The van der Waals surface area contributed by atoms with E-state index in [4.69, 9.17) is 5.11 Å². The first-order valence-electron chi connectivity index (χ1n) is 2.82. The number of carbonyl (C=O) groups is 1. The molecule has 12 heavy (non-hydrogen) atoms. The number of carboxylic acid groups (broad SMARTS) is 1. The Labute approximate surface area is 120 Å². The van der Waals surface area contributed by atoms with Crippen molar-refractivity contribution >= 4 is 5.97 Å². The van der Waals surface area contributed by atoms with Crippen LogP contribution < -0.4 is 59.1 Å². The molecule has 0 aromatic carbocycles. The van der Waals surface area contributed by atoms with Crippen molar-refractivity contribution in [1.29, 1.82) is 0 Å². The molecule has 0 aliphatic heterocycles. The van der Waals surface area contributed by atoms with Gasteiger partial charge in [0.25, 0.3) is 0 Å². The molecule has 0 atom stereocenters. The smallest absolute Gasteiger partial charge is 1.00 e. The Morgan fingerprint density at radius 3 is 1.75 bits per heavy atom. The van der Waals surface area contributed by atoms with Crippen LogP contribution in [0.15, 0.2) is 36.5 Å². The fraction of sp³-hybridized carbons (Fsp3) is 0.125. The van der Waals surface area contributed by atoms with Crippen LogP contribution in [0.4, 0.5) is 0 Å². The first-order valence-corrected chi connectivity index (χ1v) is 2.82. The summed E-state index contributed by atoms with van der Waals surface area (Å²) in [7, 11) is 0. The summed E-state index contributed by atoms with van der Waals surface area (Å²) in [6, 6.07) is 0. The van der Waals surface area contributed by atoms with Gasteiger partial charge >= 0.3 is 65.1 Å². The molecule has 0 amide bonds. The van der Waals surface area contributed by atoms with E-state index in [0.29, 0.717) is 5.57 Å². The van der Waals surface area contributed by atoms with Gasteiger partial charge in [0.15, 0.2) is 0 Å². The molecule has 4 heteroatoms. The Hall–Kier alpha value is 0.690. The van der Waals surface area contributed by atoms with E-state index < -0.39 is 5.97 Å². The molecule has 0 bridgehead atoms. The molecule has 0 fully saturated rings. The molecule has 1 N–H and O–H groups in total. The number of rotatable bonds is 3. The molecule has 0 spiro atoms. The van der Waals surface area contributed by atoms with Crippen LogP contribution in [0.3, 0.4) is 0 Å². The van der Waals surface area contributed by atoms with E-state index in [1.165, 1.54) is 19.1 Å². The third-order valence-corrected chi connectivity index (χ3v) is 1.19. The molecule has 0 saturated carbocycles. The largest absolute Gasteiger partial charge is 1.00 e. The molecule has 2 nitrogen and oxygen atoms in total. The zero-order valence-corrected chi connectivity index (χ0v) is 11.9. The van der Waals surface area contributed by atoms with Crippen LogP contribution in [0.1, 0.15) is 9.78 Å². The second kappa shape index (κ2) is 9.78. The van der Waals surface area contributed by atoms with E-state index in [9.17, 15) is 4.79 Å². The predicted octanol–water partition coefficient (Wildman–Crippen LogP) is -4.01. The van der Waals surface area contributed by atoms with Crippen molar-refractivity contribution < 1.29 is 71.9 Å². The molecule has 58 valence electrons. The van der Waals surface area contributed by atoms with E-state index >= 15 is 0 Å². The summed E-state index contributed by atoms with van der Waals surface area (Å²) >= 11 is 0. The molecule has 0 rings (SSSR count). The Morgan fingerprint density at radius 2 is 1.67 bits per heavy atom. The van der Waals surface area contributed by atoms with Gasteiger partial charge in [0, 0.05) is 5.57 Å². The Morgan fingerprint density at radius 1 is 1.33 bits per heavy atom. The molecule has 0 radical (unpaired) electrons. The molecule has 0 aliphatic rings. The fourth-order valence-electron chi connectivity index (χ4n) is 0.513. The summed E-state index contributed by atoms with van der Waals surface area (Å²) in [5.41, 5.74) is 0.831. The van der Waals surface area contributed by atoms with Gasteiger partial charge in [-0.1, -0.05) is 25.3 Å². The van der Waals surface area contributed by atoms with Crippen molar-refractivity contribution in [2.24, 2.45) is 0 Å². The van der Waals surface area contributed by atoms with E-state index in [0.717, 1.165) is 0 Å². The van der Waals surface area contributed by atoms with Crippen LogP contribution in [0.25, 0.3) is 0 Å². The van der Waals surface area contributed by atoms with Crippen molar-refractivity contribution in [3.8, 4) is 0 Å². The van der Waals surface area contributed by atoms with Gasteiger partial charge < -0.3 is 7.96 Å². The standard InChI is InChI=1S/C8H10O2.2Na.2H/c1-4-7(5-2)6(3)8(9)10;;;;/h4-5H,1-2H2,3H3,(H,9,10);;;;/q;2*+1;2*-1. The van der Waals surface area contributed by atoms with E-state index in [2.05, 4.69) is 13.2 Å². The Balaban J connectivity index is -0.0000000675. The minimum atomic E-state index is -0.935. The number of allylic oxidation sites excluding steroid dienone is 3. The predicted molar refractivity (Wildman–Crippen MR) is 43.0 cm³/mol. The molecule has 0 aromatic rings. The summed E-state index contributed by atoms with van der Waals surface area (Å²) in [5, 5.41) is 8.46. The van der Waals surface area contributed by atoms with Gasteiger partial charge in [-0.05, 0) is 12.5 Å². The molecule has 0 aliphatic carbocycles. The molecule has 0 heterocycles. The van der Waals surface area contributed by atoms with Crippen molar-refractivity contribution in [3.63, 3.8) is 0 Å². The van der Waals surface area contributed by atoms with Crippen molar-refractivity contribution in [3.05, 3.63) is 36.5 Å². The SMILES string of the molecule is C=CC(C=C)=C(C)C(=O)O.[H-].[H-].[Na+].[Na+]. The third-order valence-electron chi connectivity index (χ3n) is 1.19. The van der Waals surface area contributed by atoms with Crippen LogP contribution in [-0.4, -0.2) is 11.1 Å². The quantitative estimate of drug-likeness (QED) is 0.277. The third kappa shape index (κ3) is 6.23. The maximum Gasteiger partial charge on any atom is 1.00 e. The Bertz CT molecular complexity index is 205. The van der Waals surface area contributed by atoms with Crippen LogP contribution in [0, 0.1) is 0 Å². The van der Waals surface area contributed by atoms with Gasteiger partial charge in [-0.15, -0.1) is 0 Å². The summed E-state index contributed by atoms with van der Waals surface area (Å²) < 4.78 is 0. The molecule has 0 saturated heterocycles. The van der Waals surface area contributed by atoms with Crippen LogP contribution in [-0.2, 0) is 4.79 Å². The molecular weight excluding hydrogens is 174 g/mol. The second-order valence-electron chi connectivity index (χ2n) is 1.79. The zero-order valence-electron chi connectivity index (χ0n) is 9.92. The molecule has 0 aromatic heterocycles. The van der Waals surface area contributed by atoms with Crippen molar-refractivity contribution in [2.75, 3.05) is 0 Å². The number of hydrogen-bond donors (Lipinski definition) is 1. The topological polar surface area (TPSA) is 37.3 Å². The maximum absolute atomic E-state index is 10.3. The maximum atomic E-state index is 10.3. The summed E-state index contributed by atoms with van der Waals surface area (Å²) in [5.74, 6) is -0.935. The number of hydrogen-bond acceptors (Lipinski definition) is 1.